The Labute approximate surface area is 148 Å². The summed E-state index contributed by atoms with van der Waals surface area (Å²) in [7, 11) is 0. The van der Waals surface area contributed by atoms with Gasteiger partial charge in [-0.15, -0.1) is 0 Å². The summed E-state index contributed by atoms with van der Waals surface area (Å²) in [5, 5.41) is 18.8. The van der Waals surface area contributed by atoms with Crippen LogP contribution >= 0.6 is 27.5 Å². The third-order valence-electron chi connectivity index (χ3n) is 2.54. The van der Waals surface area contributed by atoms with E-state index in [0.29, 0.717) is 11.6 Å². The zero-order chi connectivity index (χ0) is 17.7. The van der Waals surface area contributed by atoms with Gasteiger partial charge in [-0.2, -0.15) is 0 Å². The van der Waals surface area contributed by atoms with Crippen molar-refractivity contribution in [1.82, 2.24) is 5.32 Å². The number of aliphatic carboxylic acids is 2. The van der Waals surface area contributed by atoms with Gasteiger partial charge >= 0.3 is 11.9 Å². The summed E-state index contributed by atoms with van der Waals surface area (Å²) >= 11 is 9.40. The average Bonchev–Trinajstić information content (AvgIpc) is 2.48. The standard InChI is InChI=1S/C13H19BrClNO.C2H2O4/c1-2-3-7-16-8-4-9-17-13-6-5-11(14)10-12(13)15;3-1(4)2(5)6/h5-6,10,16H,2-4,7-9H2,1H3;(H,3,4)(H,5,6). The molecule has 0 amide bonds. The van der Waals surface area contributed by atoms with E-state index in [1.54, 1.807) is 0 Å². The maximum Gasteiger partial charge on any atom is 0.414 e. The van der Waals surface area contributed by atoms with Gasteiger partial charge in [0.25, 0.3) is 0 Å². The minimum Gasteiger partial charge on any atom is -0.492 e. The first kappa shape index (κ1) is 21.7. The molecule has 0 saturated carbocycles. The molecule has 0 bridgehead atoms. The first-order chi connectivity index (χ1) is 10.9. The van der Waals surface area contributed by atoms with Gasteiger partial charge in [0.2, 0.25) is 0 Å². The zero-order valence-corrected chi connectivity index (χ0v) is 15.2. The van der Waals surface area contributed by atoms with Crippen LogP contribution in [0.15, 0.2) is 22.7 Å². The van der Waals surface area contributed by atoms with Crippen molar-refractivity contribution in [2.75, 3.05) is 19.7 Å². The summed E-state index contributed by atoms with van der Waals surface area (Å²) in [6.45, 7) is 4.98. The van der Waals surface area contributed by atoms with Crippen LogP contribution in [-0.2, 0) is 9.59 Å². The van der Waals surface area contributed by atoms with Gasteiger partial charge in [-0.1, -0.05) is 40.9 Å². The highest BCUT2D eigenvalue weighted by Crippen LogP contribution is 2.27. The summed E-state index contributed by atoms with van der Waals surface area (Å²) in [5.41, 5.74) is 0. The van der Waals surface area contributed by atoms with E-state index in [0.717, 1.165) is 29.7 Å². The third-order valence-corrected chi connectivity index (χ3v) is 3.33. The van der Waals surface area contributed by atoms with Gasteiger partial charge in [0.1, 0.15) is 5.75 Å². The first-order valence-electron chi connectivity index (χ1n) is 7.13. The third kappa shape index (κ3) is 11.9. The number of benzene rings is 1. The van der Waals surface area contributed by atoms with Gasteiger partial charge in [0.15, 0.2) is 0 Å². The number of hydrogen-bond donors (Lipinski definition) is 3. The molecular formula is C15H21BrClNO5. The predicted molar refractivity (Wildman–Crippen MR) is 92.3 cm³/mol. The lowest BCUT2D eigenvalue weighted by atomic mass is 10.3. The summed E-state index contributed by atoms with van der Waals surface area (Å²) in [5.74, 6) is -2.89. The highest BCUT2D eigenvalue weighted by atomic mass is 79.9. The van der Waals surface area contributed by atoms with Crippen molar-refractivity contribution in [3.8, 4) is 5.75 Å². The van der Waals surface area contributed by atoms with Gasteiger partial charge in [-0.05, 0) is 44.1 Å². The number of carboxylic acid groups (broad SMARTS) is 2. The normalized spacial score (nSPS) is 9.70. The molecule has 23 heavy (non-hydrogen) atoms. The van der Waals surface area contributed by atoms with Crippen molar-refractivity contribution < 1.29 is 24.5 Å². The van der Waals surface area contributed by atoms with Crippen molar-refractivity contribution in [2.45, 2.75) is 26.2 Å². The number of hydrogen-bond acceptors (Lipinski definition) is 4. The first-order valence-corrected chi connectivity index (χ1v) is 8.30. The van der Waals surface area contributed by atoms with E-state index in [4.69, 9.17) is 36.1 Å². The Bertz CT molecular complexity index is 487. The summed E-state index contributed by atoms with van der Waals surface area (Å²) in [6, 6.07) is 5.66. The molecule has 1 aromatic carbocycles. The number of carboxylic acids is 2. The zero-order valence-electron chi connectivity index (χ0n) is 12.8. The van der Waals surface area contributed by atoms with Crippen LogP contribution in [0.1, 0.15) is 26.2 Å². The summed E-state index contributed by atoms with van der Waals surface area (Å²) in [4.78, 5) is 18.2. The van der Waals surface area contributed by atoms with E-state index in [-0.39, 0.29) is 0 Å². The van der Waals surface area contributed by atoms with Crippen LogP contribution in [0.2, 0.25) is 5.02 Å². The molecule has 0 radical (unpaired) electrons. The van der Waals surface area contributed by atoms with Gasteiger partial charge < -0.3 is 20.3 Å². The Morgan fingerprint density at radius 1 is 1.22 bits per heavy atom. The van der Waals surface area contributed by atoms with Crippen LogP contribution in [0.4, 0.5) is 0 Å². The molecule has 0 aromatic heterocycles. The van der Waals surface area contributed by atoms with Gasteiger partial charge in [0.05, 0.1) is 11.6 Å². The number of ether oxygens (including phenoxy) is 1. The van der Waals surface area contributed by atoms with Crippen LogP contribution < -0.4 is 10.1 Å². The van der Waals surface area contributed by atoms with Crippen molar-refractivity contribution in [2.24, 2.45) is 0 Å². The lowest BCUT2D eigenvalue weighted by Crippen LogP contribution is -2.18. The van der Waals surface area contributed by atoms with Crippen LogP contribution in [0.5, 0.6) is 5.75 Å². The monoisotopic (exact) mass is 409 g/mol. The van der Waals surface area contributed by atoms with Crippen LogP contribution in [-0.4, -0.2) is 41.8 Å². The minimum absolute atomic E-state index is 0.651. The predicted octanol–water partition coefficient (Wildman–Crippen LogP) is 3.42. The van der Waals surface area contributed by atoms with E-state index >= 15 is 0 Å². The molecule has 0 aliphatic rings. The molecule has 1 rings (SSSR count). The lowest BCUT2D eigenvalue weighted by molar-refractivity contribution is -0.159. The Morgan fingerprint density at radius 3 is 2.35 bits per heavy atom. The molecule has 0 unspecified atom stereocenters. The highest BCUT2D eigenvalue weighted by Gasteiger charge is 2.04. The minimum atomic E-state index is -1.82. The van der Waals surface area contributed by atoms with E-state index < -0.39 is 11.9 Å². The van der Waals surface area contributed by atoms with Crippen molar-refractivity contribution in [3.05, 3.63) is 27.7 Å². The smallest absolute Gasteiger partial charge is 0.414 e. The molecule has 0 spiro atoms. The number of halogens is 2. The Morgan fingerprint density at radius 2 is 1.83 bits per heavy atom. The molecule has 1 aromatic rings. The average molecular weight is 411 g/mol. The van der Waals surface area contributed by atoms with E-state index in [1.165, 1.54) is 12.8 Å². The van der Waals surface area contributed by atoms with E-state index in [9.17, 15) is 0 Å². The number of carbonyl (C=O) groups is 2. The van der Waals surface area contributed by atoms with Crippen molar-refractivity contribution in [3.63, 3.8) is 0 Å². The molecule has 8 heteroatoms. The number of unbranched alkanes of at least 4 members (excludes halogenated alkanes) is 1. The van der Waals surface area contributed by atoms with Gasteiger partial charge in [0, 0.05) is 4.47 Å². The Hall–Kier alpha value is -1.31. The topological polar surface area (TPSA) is 95.9 Å². The van der Waals surface area contributed by atoms with Gasteiger partial charge in [-0.3, -0.25) is 0 Å². The molecule has 0 fully saturated rings. The molecule has 0 aliphatic carbocycles. The molecule has 0 aliphatic heterocycles. The molecule has 0 saturated heterocycles. The maximum atomic E-state index is 9.10. The molecule has 0 heterocycles. The Kier molecular flexibility index (Phi) is 12.4. The molecule has 0 atom stereocenters. The fourth-order valence-electron chi connectivity index (χ4n) is 1.40. The summed E-state index contributed by atoms with van der Waals surface area (Å²) in [6.07, 6.45) is 3.47. The van der Waals surface area contributed by atoms with E-state index in [1.807, 2.05) is 18.2 Å². The SMILES string of the molecule is CCCCNCCCOc1ccc(Br)cc1Cl.O=C(O)C(=O)O. The highest BCUT2D eigenvalue weighted by molar-refractivity contribution is 9.10. The van der Waals surface area contributed by atoms with Crippen molar-refractivity contribution >= 4 is 39.5 Å². The largest absolute Gasteiger partial charge is 0.492 e. The molecule has 3 N–H and O–H groups in total. The second-order valence-corrected chi connectivity index (χ2v) is 5.81. The van der Waals surface area contributed by atoms with Crippen LogP contribution in [0.25, 0.3) is 0 Å². The quantitative estimate of drug-likeness (QED) is 0.449. The molecular weight excluding hydrogens is 390 g/mol. The molecule has 6 nitrogen and oxygen atoms in total. The summed E-state index contributed by atoms with van der Waals surface area (Å²) < 4.78 is 6.57. The number of rotatable bonds is 8. The van der Waals surface area contributed by atoms with Gasteiger partial charge in [-0.25, -0.2) is 9.59 Å². The Balaban J connectivity index is 0.000000688. The molecule has 130 valence electrons. The fraction of sp³-hybridized carbons (Fsp3) is 0.467. The maximum absolute atomic E-state index is 9.10. The lowest BCUT2D eigenvalue weighted by Gasteiger charge is -2.08. The van der Waals surface area contributed by atoms with Crippen LogP contribution in [0, 0.1) is 0 Å². The fourth-order valence-corrected chi connectivity index (χ4v) is 2.13. The van der Waals surface area contributed by atoms with Crippen molar-refractivity contribution in [1.29, 1.82) is 0 Å². The number of nitrogens with one attached hydrogen (secondary N) is 1. The second-order valence-electron chi connectivity index (χ2n) is 4.49. The van der Waals surface area contributed by atoms with E-state index in [2.05, 4.69) is 28.2 Å². The second kappa shape index (κ2) is 13.2. The van der Waals surface area contributed by atoms with Crippen LogP contribution in [0.3, 0.4) is 0 Å².